The molecule has 0 aromatic carbocycles. The highest BCUT2D eigenvalue weighted by atomic mass is 16.6. The fourth-order valence-corrected chi connectivity index (χ4v) is 3.68. The van der Waals surface area contributed by atoms with Crippen LogP contribution in [0.25, 0.3) is 0 Å². The Balaban J connectivity index is 1.95. The first-order valence-electron chi connectivity index (χ1n) is 8.59. The smallest absolute Gasteiger partial charge is 0.410 e. The van der Waals surface area contributed by atoms with Crippen molar-refractivity contribution in [1.29, 1.82) is 0 Å². The molecule has 2 fully saturated rings. The Morgan fingerprint density at radius 2 is 1.82 bits per heavy atom. The minimum atomic E-state index is -0.439. The van der Waals surface area contributed by atoms with Gasteiger partial charge in [-0.15, -0.1) is 0 Å². The molecule has 2 aliphatic heterocycles. The van der Waals surface area contributed by atoms with Crippen molar-refractivity contribution in [1.82, 2.24) is 10.2 Å². The van der Waals surface area contributed by atoms with Crippen LogP contribution in [0, 0.1) is 5.92 Å². The quantitative estimate of drug-likeness (QED) is 0.837. The molecule has 0 radical (unpaired) electrons. The standard InChI is InChI=1S/C17H32N2O3/c1-11(2)15(10-20)18-12-8-13-6-7-14(9-12)19(13)16(21)22-17(3,4)5/h11-15,18,20H,6-10H2,1-5H3. The lowest BCUT2D eigenvalue weighted by Crippen LogP contribution is -2.55. The second-order valence-electron chi connectivity index (χ2n) is 8.14. The molecule has 2 heterocycles. The average molecular weight is 312 g/mol. The molecule has 5 heteroatoms. The lowest BCUT2D eigenvalue weighted by Gasteiger charge is -2.41. The molecule has 2 N–H and O–H groups in total. The lowest BCUT2D eigenvalue weighted by molar-refractivity contribution is 0.00349. The summed E-state index contributed by atoms with van der Waals surface area (Å²) in [5.41, 5.74) is -0.439. The number of fused-ring (bicyclic) bond motifs is 2. The van der Waals surface area contributed by atoms with E-state index in [1.807, 2.05) is 25.7 Å². The van der Waals surface area contributed by atoms with E-state index < -0.39 is 5.60 Å². The topological polar surface area (TPSA) is 61.8 Å². The highest BCUT2D eigenvalue weighted by Gasteiger charge is 2.45. The number of hydrogen-bond donors (Lipinski definition) is 2. The molecule has 5 nitrogen and oxygen atoms in total. The summed E-state index contributed by atoms with van der Waals surface area (Å²) in [6, 6.07) is 1.07. The molecule has 3 atom stereocenters. The monoisotopic (exact) mass is 312 g/mol. The maximum absolute atomic E-state index is 12.4. The zero-order valence-electron chi connectivity index (χ0n) is 14.6. The minimum absolute atomic E-state index is 0.137. The van der Waals surface area contributed by atoms with Gasteiger partial charge in [0.1, 0.15) is 5.60 Å². The van der Waals surface area contributed by atoms with Gasteiger partial charge in [-0.3, -0.25) is 0 Å². The minimum Gasteiger partial charge on any atom is -0.444 e. The van der Waals surface area contributed by atoms with Crippen molar-refractivity contribution < 1.29 is 14.6 Å². The number of aliphatic hydroxyl groups excluding tert-OH is 1. The highest BCUT2D eigenvalue weighted by Crippen LogP contribution is 2.37. The molecule has 0 aromatic heterocycles. The molecule has 2 saturated heterocycles. The van der Waals surface area contributed by atoms with E-state index in [0.29, 0.717) is 12.0 Å². The molecular formula is C17H32N2O3. The van der Waals surface area contributed by atoms with Crippen molar-refractivity contribution in [2.24, 2.45) is 5.92 Å². The fourth-order valence-electron chi connectivity index (χ4n) is 3.68. The van der Waals surface area contributed by atoms with E-state index in [1.165, 1.54) is 0 Å². The van der Waals surface area contributed by atoms with Gasteiger partial charge in [-0.1, -0.05) is 13.8 Å². The molecule has 1 amide bonds. The van der Waals surface area contributed by atoms with Gasteiger partial charge in [0.05, 0.1) is 6.61 Å². The molecule has 2 rings (SSSR count). The molecule has 3 unspecified atom stereocenters. The number of hydrogen-bond acceptors (Lipinski definition) is 4. The molecule has 2 aliphatic rings. The number of ether oxygens (including phenoxy) is 1. The van der Waals surface area contributed by atoms with Crippen molar-refractivity contribution in [3.05, 3.63) is 0 Å². The number of aliphatic hydroxyl groups is 1. The van der Waals surface area contributed by atoms with Crippen LogP contribution in [0.5, 0.6) is 0 Å². The Hall–Kier alpha value is -0.810. The second-order valence-corrected chi connectivity index (χ2v) is 8.14. The van der Waals surface area contributed by atoms with E-state index in [1.54, 1.807) is 0 Å². The molecular weight excluding hydrogens is 280 g/mol. The summed E-state index contributed by atoms with van der Waals surface area (Å²) in [4.78, 5) is 14.4. The molecule has 0 aromatic rings. The number of nitrogens with zero attached hydrogens (tertiary/aromatic N) is 1. The predicted octanol–water partition coefficient (Wildman–Crippen LogP) is 2.52. The van der Waals surface area contributed by atoms with Crippen LogP contribution < -0.4 is 5.32 Å². The van der Waals surface area contributed by atoms with Gasteiger partial charge in [0.15, 0.2) is 0 Å². The largest absolute Gasteiger partial charge is 0.444 e. The third kappa shape index (κ3) is 4.13. The Morgan fingerprint density at radius 1 is 1.27 bits per heavy atom. The van der Waals surface area contributed by atoms with Gasteiger partial charge in [0, 0.05) is 24.2 Å². The number of carbonyl (C=O) groups is 1. The van der Waals surface area contributed by atoms with Crippen molar-refractivity contribution >= 4 is 6.09 Å². The predicted molar refractivity (Wildman–Crippen MR) is 86.8 cm³/mol. The molecule has 0 saturated carbocycles. The third-order valence-electron chi connectivity index (χ3n) is 4.79. The van der Waals surface area contributed by atoms with E-state index >= 15 is 0 Å². The van der Waals surface area contributed by atoms with Gasteiger partial charge in [-0.2, -0.15) is 0 Å². The molecule has 0 aliphatic carbocycles. The van der Waals surface area contributed by atoms with Gasteiger partial charge in [0.2, 0.25) is 0 Å². The zero-order chi connectivity index (χ0) is 16.5. The number of rotatable bonds is 4. The number of carbonyl (C=O) groups excluding carboxylic acids is 1. The fraction of sp³-hybridized carbons (Fsp3) is 0.941. The van der Waals surface area contributed by atoms with Gasteiger partial charge in [-0.05, 0) is 52.4 Å². The summed E-state index contributed by atoms with van der Waals surface area (Å²) >= 11 is 0. The maximum atomic E-state index is 12.4. The summed E-state index contributed by atoms with van der Waals surface area (Å²) in [6.07, 6.45) is 3.87. The Labute approximate surface area is 134 Å². The van der Waals surface area contributed by atoms with Crippen LogP contribution in [0.3, 0.4) is 0 Å². The van der Waals surface area contributed by atoms with E-state index in [9.17, 15) is 9.90 Å². The SMILES string of the molecule is CC(C)C(CO)NC1CC2CCC(C1)N2C(=O)OC(C)(C)C. The first-order valence-corrected chi connectivity index (χ1v) is 8.59. The molecule has 128 valence electrons. The summed E-state index contributed by atoms with van der Waals surface area (Å²) in [5, 5.41) is 13.1. The summed E-state index contributed by atoms with van der Waals surface area (Å²) in [5.74, 6) is 0.409. The van der Waals surface area contributed by atoms with Crippen LogP contribution in [0.15, 0.2) is 0 Å². The van der Waals surface area contributed by atoms with Crippen LogP contribution in [0.1, 0.15) is 60.3 Å². The first kappa shape index (κ1) is 17.5. The molecule has 2 bridgehead atoms. The van der Waals surface area contributed by atoms with E-state index in [0.717, 1.165) is 25.7 Å². The van der Waals surface area contributed by atoms with Gasteiger partial charge >= 0.3 is 6.09 Å². The Morgan fingerprint density at radius 3 is 2.23 bits per heavy atom. The van der Waals surface area contributed by atoms with Gasteiger partial charge in [0.25, 0.3) is 0 Å². The van der Waals surface area contributed by atoms with Crippen LogP contribution in [0.2, 0.25) is 0 Å². The second kappa shape index (κ2) is 6.75. The zero-order valence-corrected chi connectivity index (χ0v) is 14.6. The van der Waals surface area contributed by atoms with Crippen LogP contribution in [-0.2, 0) is 4.74 Å². The summed E-state index contributed by atoms with van der Waals surface area (Å²) < 4.78 is 5.56. The van der Waals surface area contributed by atoms with Gasteiger partial charge in [-0.25, -0.2) is 4.79 Å². The van der Waals surface area contributed by atoms with Crippen molar-refractivity contribution in [3.63, 3.8) is 0 Å². The lowest BCUT2D eigenvalue weighted by atomic mass is 9.95. The Bertz CT molecular complexity index is 378. The third-order valence-corrected chi connectivity index (χ3v) is 4.79. The van der Waals surface area contributed by atoms with Gasteiger partial charge < -0.3 is 20.1 Å². The first-order chi connectivity index (χ1) is 10.2. The van der Waals surface area contributed by atoms with E-state index in [-0.39, 0.29) is 30.8 Å². The molecule has 0 spiro atoms. The molecule has 22 heavy (non-hydrogen) atoms. The summed E-state index contributed by atoms with van der Waals surface area (Å²) in [7, 11) is 0. The van der Waals surface area contributed by atoms with E-state index in [2.05, 4.69) is 19.2 Å². The Kier molecular flexibility index (Phi) is 5.38. The van der Waals surface area contributed by atoms with Crippen molar-refractivity contribution in [2.45, 2.75) is 90.1 Å². The van der Waals surface area contributed by atoms with E-state index in [4.69, 9.17) is 4.74 Å². The summed E-state index contributed by atoms with van der Waals surface area (Å²) in [6.45, 7) is 10.1. The maximum Gasteiger partial charge on any atom is 0.410 e. The average Bonchev–Trinajstić information content (AvgIpc) is 2.65. The van der Waals surface area contributed by atoms with Crippen molar-refractivity contribution in [2.75, 3.05) is 6.61 Å². The number of amides is 1. The van der Waals surface area contributed by atoms with Crippen LogP contribution in [0.4, 0.5) is 4.79 Å². The van der Waals surface area contributed by atoms with Crippen molar-refractivity contribution in [3.8, 4) is 0 Å². The highest BCUT2D eigenvalue weighted by molar-refractivity contribution is 5.69. The number of nitrogens with one attached hydrogen (secondary N) is 1. The van der Waals surface area contributed by atoms with Crippen LogP contribution in [-0.4, -0.2) is 52.5 Å². The number of piperidine rings is 1. The van der Waals surface area contributed by atoms with Crippen LogP contribution >= 0.6 is 0 Å². The normalized spacial score (nSPS) is 29.8.